The first-order valence-corrected chi connectivity index (χ1v) is 8.61. The Hall–Kier alpha value is -2.43. The van der Waals surface area contributed by atoms with Crippen LogP contribution in [0.25, 0.3) is 0 Å². The van der Waals surface area contributed by atoms with Gasteiger partial charge in [-0.1, -0.05) is 5.16 Å². The van der Waals surface area contributed by atoms with E-state index in [1.807, 2.05) is 19.1 Å². The third-order valence-electron chi connectivity index (χ3n) is 4.23. The Balaban J connectivity index is 1.37. The highest BCUT2D eigenvalue weighted by atomic mass is 16.5. The fourth-order valence-corrected chi connectivity index (χ4v) is 3.03. The number of nitrogens with zero attached hydrogens (tertiary/aromatic N) is 4. The molecule has 1 atom stereocenters. The number of aromatic nitrogens is 2. The van der Waals surface area contributed by atoms with Gasteiger partial charge in [-0.15, -0.1) is 0 Å². The summed E-state index contributed by atoms with van der Waals surface area (Å²) in [5.41, 5.74) is 0.643. The van der Waals surface area contributed by atoms with Crippen LogP contribution in [0.2, 0.25) is 0 Å². The van der Waals surface area contributed by atoms with Crippen LogP contribution in [0.3, 0.4) is 0 Å². The van der Waals surface area contributed by atoms with Gasteiger partial charge in [0.1, 0.15) is 12.4 Å². The summed E-state index contributed by atoms with van der Waals surface area (Å²) in [4.78, 5) is 6.63. The number of nitriles is 1. The van der Waals surface area contributed by atoms with Crippen LogP contribution in [0.5, 0.6) is 5.75 Å². The minimum absolute atomic E-state index is 0.450. The first kappa shape index (κ1) is 17.4. The van der Waals surface area contributed by atoms with Crippen molar-refractivity contribution in [1.82, 2.24) is 20.4 Å². The van der Waals surface area contributed by atoms with E-state index in [2.05, 4.69) is 26.4 Å². The Bertz CT molecular complexity index is 707. The highest BCUT2D eigenvalue weighted by molar-refractivity contribution is 5.34. The van der Waals surface area contributed by atoms with Crippen LogP contribution < -0.4 is 10.1 Å². The summed E-state index contributed by atoms with van der Waals surface area (Å²) in [7, 11) is 0. The normalized spacial score (nSPS) is 18.0. The molecule has 0 radical (unpaired) electrons. The molecule has 1 fully saturated rings. The monoisotopic (exact) mass is 341 g/mol. The van der Waals surface area contributed by atoms with Crippen molar-refractivity contribution in [3.8, 4) is 11.8 Å². The number of piperidine rings is 1. The molecule has 2 heterocycles. The molecular formula is C18H23N5O2. The molecule has 25 heavy (non-hydrogen) atoms. The number of hydrogen-bond acceptors (Lipinski definition) is 7. The van der Waals surface area contributed by atoms with Crippen molar-refractivity contribution in [2.75, 3.05) is 26.2 Å². The van der Waals surface area contributed by atoms with Gasteiger partial charge in [-0.2, -0.15) is 10.2 Å². The number of rotatable bonds is 7. The smallest absolute Gasteiger partial charge is 0.223 e. The molecule has 132 valence electrons. The molecule has 1 saturated heterocycles. The average molecular weight is 341 g/mol. The molecule has 1 aromatic carbocycles. The first-order valence-electron chi connectivity index (χ1n) is 8.61. The molecule has 7 nitrogen and oxygen atoms in total. The Morgan fingerprint density at radius 1 is 1.40 bits per heavy atom. The fraction of sp³-hybridized carbons (Fsp3) is 0.500. The molecule has 3 rings (SSSR count). The van der Waals surface area contributed by atoms with Gasteiger partial charge in [0.15, 0.2) is 5.82 Å². The van der Waals surface area contributed by atoms with Crippen LogP contribution >= 0.6 is 0 Å². The van der Waals surface area contributed by atoms with E-state index in [0.717, 1.165) is 44.2 Å². The third kappa shape index (κ3) is 5.28. The molecule has 7 heteroatoms. The molecule has 1 aliphatic heterocycles. The number of aryl methyl sites for hydroxylation is 1. The number of ether oxygens (including phenoxy) is 1. The molecule has 1 N–H and O–H groups in total. The minimum Gasteiger partial charge on any atom is -0.492 e. The second kappa shape index (κ2) is 8.60. The summed E-state index contributed by atoms with van der Waals surface area (Å²) in [6.45, 7) is 5.98. The maximum absolute atomic E-state index is 8.78. The van der Waals surface area contributed by atoms with E-state index < -0.39 is 0 Å². The largest absolute Gasteiger partial charge is 0.492 e. The van der Waals surface area contributed by atoms with Crippen LogP contribution in [0.15, 0.2) is 28.8 Å². The Morgan fingerprint density at radius 3 is 2.96 bits per heavy atom. The number of nitrogens with one attached hydrogen (secondary N) is 1. The number of benzene rings is 1. The van der Waals surface area contributed by atoms with Gasteiger partial charge in [-0.25, -0.2) is 0 Å². The van der Waals surface area contributed by atoms with Crippen molar-refractivity contribution < 1.29 is 9.26 Å². The van der Waals surface area contributed by atoms with E-state index in [1.54, 1.807) is 12.1 Å². The molecule has 0 amide bonds. The standard InChI is InChI=1S/C18H23N5O2/c1-14-21-18(22-25-14)13-23-9-2-3-16(12-23)20-8-10-24-17-6-4-15(11-19)5-7-17/h4-7,16,20H,2-3,8-10,12-13H2,1H3/t16-/m1/s1. The van der Waals surface area contributed by atoms with E-state index in [0.29, 0.717) is 24.1 Å². The molecule has 0 spiro atoms. The summed E-state index contributed by atoms with van der Waals surface area (Å²) in [6.07, 6.45) is 2.32. The van der Waals surface area contributed by atoms with Gasteiger partial charge in [-0.3, -0.25) is 4.90 Å². The predicted molar refractivity (Wildman–Crippen MR) is 92.0 cm³/mol. The van der Waals surface area contributed by atoms with Crippen LogP contribution in [-0.2, 0) is 6.54 Å². The number of likely N-dealkylation sites (tertiary alicyclic amines) is 1. The Kier molecular flexibility index (Phi) is 5.99. The fourth-order valence-electron chi connectivity index (χ4n) is 3.03. The van der Waals surface area contributed by atoms with Crippen LogP contribution in [0.1, 0.15) is 30.1 Å². The molecule has 1 aromatic heterocycles. The SMILES string of the molecule is Cc1nc(CN2CCC[C@@H](NCCOc3ccc(C#N)cc3)C2)no1. The maximum atomic E-state index is 8.78. The average Bonchev–Trinajstić information content (AvgIpc) is 3.04. The van der Waals surface area contributed by atoms with Gasteiger partial charge in [-0.05, 0) is 43.7 Å². The topological polar surface area (TPSA) is 87.2 Å². The zero-order valence-corrected chi connectivity index (χ0v) is 14.4. The van der Waals surface area contributed by atoms with Gasteiger partial charge >= 0.3 is 0 Å². The summed E-state index contributed by atoms with van der Waals surface area (Å²) in [5.74, 6) is 2.16. The van der Waals surface area contributed by atoms with Crippen molar-refractivity contribution in [3.05, 3.63) is 41.5 Å². The molecule has 0 aliphatic carbocycles. The zero-order chi connectivity index (χ0) is 17.5. The van der Waals surface area contributed by atoms with Crippen molar-refractivity contribution >= 4 is 0 Å². The van der Waals surface area contributed by atoms with Gasteiger partial charge in [0.2, 0.25) is 5.89 Å². The number of hydrogen-bond donors (Lipinski definition) is 1. The van der Waals surface area contributed by atoms with Crippen LogP contribution in [-0.4, -0.2) is 47.3 Å². The molecule has 0 unspecified atom stereocenters. The summed E-state index contributed by atoms with van der Waals surface area (Å²) < 4.78 is 10.7. The first-order chi connectivity index (χ1) is 12.2. The quantitative estimate of drug-likeness (QED) is 0.769. The van der Waals surface area contributed by atoms with Crippen molar-refractivity contribution in [2.24, 2.45) is 0 Å². The third-order valence-corrected chi connectivity index (χ3v) is 4.23. The van der Waals surface area contributed by atoms with Gasteiger partial charge < -0.3 is 14.6 Å². The second-order valence-electron chi connectivity index (χ2n) is 6.24. The van der Waals surface area contributed by atoms with E-state index in [-0.39, 0.29) is 0 Å². The minimum atomic E-state index is 0.450. The maximum Gasteiger partial charge on any atom is 0.223 e. The van der Waals surface area contributed by atoms with E-state index >= 15 is 0 Å². The summed E-state index contributed by atoms with van der Waals surface area (Å²) >= 11 is 0. The Labute approximate surface area is 147 Å². The highest BCUT2D eigenvalue weighted by Crippen LogP contribution is 2.13. The predicted octanol–water partition coefficient (Wildman–Crippen LogP) is 1.88. The van der Waals surface area contributed by atoms with Crippen molar-refractivity contribution in [1.29, 1.82) is 5.26 Å². The van der Waals surface area contributed by atoms with E-state index in [9.17, 15) is 0 Å². The van der Waals surface area contributed by atoms with Crippen molar-refractivity contribution in [3.63, 3.8) is 0 Å². The van der Waals surface area contributed by atoms with E-state index in [4.69, 9.17) is 14.5 Å². The molecule has 2 aromatic rings. The lowest BCUT2D eigenvalue weighted by atomic mass is 10.1. The summed E-state index contributed by atoms with van der Waals surface area (Å²) in [6, 6.07) is 9.74. The second-order valence-corrected chi connectivity index (χ2v) is 6.24. The lowest BCUT2D eigenvalue weighted by Crippen LogP contribution is -2.46. The molecule has 1 aliphatic rings. The molecule has 0 saturated carbocycles. The molecule has 0 bridgehead atoms. The van der Waals surface area contributed by atoms with Crippen LogP contribution in [0, 0.1) is 18.3 Å². The van der Waals surface area contributed by atoms with Gasteiger partial charge in [0, 0.05) is 26.1 Å². The van der Waals surface area contributed by atoms with Gasteiger partial charge in [0.25, 0.3) is 0 Å². The lowest BCUT2D eigenvalue weighted by Gasteiger charge is -2.32. The van der Waals surface area contributed by atoms with Gasteiger partial charge in [0.05, 0.1) is 18.2 Å². The highest BCUT2D eigenvalue weighted by Gasteiger charge is 2.20. The van der Waals surface area contributed by atoms with Crippen LogP contribution in [0.4, 0.5) is 0 Å². The summed E-state index contributed by atoms with van der Waals surface area (Å²) in [5, 5.41) is 16.3. The van der Waals surface area contributed by atoms with E-state index in [1.165, 1.54) is 6.42 Å². The Morgan fingerprint density at radius 2 is 2.24 bits per heavy atom. The zero-order valence-electron chi connectivity index (χ0n) is 14.4. The molecular weight excluding hydrogens is 318 g/mol. The van der Waals surface area contributed by atoms with Crippen molar-refractivity contribution in [2.45, 2.75) is 32.4 Å². The lowest BCUT2D eigenvalue weighted by molar-refractivity contribution is 0.173.